The molecule has 3 rings (SSSR count). The van der Waals surface area contributed by atoms with Crippen molar-refractivity contribution in [3.8, 4) is 5.75 Å². The quantitative estimate of drug-likeness (QED) is 0.737. The summed E-state index contributed by atoms with van der Waals surface area (Å²) in [5, 5.41) is 12.2. The second-order valence-electron chi connectivity index (χ2n) is 5.84. The number of fused-ring (bicyclic) bond motifs is 1. The van der Waals surface area contributed by atoms with Gasteiger partial charge in [-0.25, -0.2) is 0 Å². The Hall–Kier alpha value is -3.08. The average molecular weight is 338 g/mol. The van der Waals surface area contributed by atoms with E-state index in [-0.39, 0.29) is 12.2 Å². The highest BCUT2D eigenvalue weighted by molar-refractivity contribution is 5.87. The summed E-state index contributed by atoms with van der Waals surface area (Å²) < 4.78 is 10.4. The SMILES string of the molecule is COC(=O)CC(c1oc(C)cc(=O)c1O)c1cccc2ccccc12. The van der Waals surface area contributed by atoms with Crippen LogP contribution in [0.5, 0.6) is 5.75 Å². The second-order valence-corrected chi connectivity index (χ2v) is 5.84. The maximum absolute atomic E-state index is 12.0. The van der Waals surface area contributed by atoms with E-state index < -0.39 is 23.1 Å². The lowest BCUT2D eigenvalue weighted by molar-refractivity contribution is -0.140. The molecule has 0 spiro atoms. The van der Waals surface area contributed by atoms with Crippen LogP contribution in [0, 0.1) is 6.92 Å². The van der Waals surface area contributed by atoms with Crippen LogP contribution in [0.4, 0.5) is 0 Å². The highest BCUT2D eigenvalue weighted by Crippen LogP contribution is 2.36. The largest absolute Gasteiger partial charge is 0.502 e. The number of benzene rings is 2. The molecule has 0 bridgehead atoms. The number of carbonyl (C=O) groups excluding carboxylic acids is 1. The summed E-state index contributed by atoms with van der Waals surface area (Å²) in [4.78, 5) is 24.0. The number of aryl methyl sites for hydroxylation is 1. The number of carbonyl (C=O) groups is 1. The maximum Gasteiger partial charge on any atom is 0.306 e. The highest BCUT2D eigenvalue weighted by Gasteiger charge is 2.27. The van der Waals surface area contributed by atoms with Gasteiger partial charge in [-0.3, -0.25) is 9.59 Å². The molecule has 0 saturated heterocycles. The summed E-state index contributed by atoms with van der Waals surface area (Å²) in [6.07, 6.45) is -0.0511. The summed E-state index contributed by atoms with van der Waals surface area (Å²) in [6.45, 7) is 1.63. The van der Waals surface area contributed by atoms with Gasteiger partial charge >= 0.3 is 5.97 Å². The van der Waals surface area contributed by atoms with Crippen LogP contribution in [0.2, 0.25) is 0 Å². The maximum atomic E-state index is 12.0. The van der Waals surface area contributed by atoms with E-state index in [0.29, 0.717) is 5.76 Å². The highest BCUT2D eigenvalue weighted by atomic mass is 16.5. The summed E-state index contributed by atoms with van der Waals surface area (Å²) in [7, 11) is 1.30. The van der Waals surface area contributed by atoms with E-state index in [9.17, 15) is 14.7 Å². The van der Waals surface area contributed by atoms with Crippen molar-refractivity contribution in [2.75, 3.05) is 7.11 Å². The normalized spacial score (nSPS) is 12.1. The molecule has 1 unspecified atom stereocenters. The predicted octanol–water partition coefficient (Wildman–Crippen LogP) is 3.50. The molecule has 25 heavy (non-hydrogen) atoms. The van der Waals surface area contributed by atoms with Crippen LogP contribution in [0.15, 0.2) is 57.7 Å². The topological polar surface area (TPSA) is 76.7 Å². The Bertz CT molecular complexity index is 982. The van der Waals surface area contributed by atoms with Crippen LogP contribution in [0.25, 0.3) is 10.8 Å². The second kappa shape index (κ2) is 6.81. The molecule has 1 aromatic heterocycles. The van der Waals surface area contributed by atoms with E-state index in [0.717, 1.165) is 16.3 Å². The summed E-state index contributed by atoms with van der Waals surface area (Å²) in [5.41, 5.74) is 0.251. The van der Waals surface area contributed by atoms with Gasteiger partial charge in [0.05, 0.1) is 19.4 Å². The molecule has 128 valence electrons. The van der Waals surface area contributed by atoms with Crippen molar-refractivity contribution in [1.29, 1.82) is 0 Å². The number of hydrogen-bond donors (Lipinski definition) is 1. The van der Waals surface area contributed by atoms with Crippen molar-refractivity contribution in [2.45, 2.75) is 19.3 Å². The molecule has 0 fully saturated rings. The zero-order valence-corrected chi connectivity index (χ0v) is 14.0. The zero-order chi connectivity index (χ0) is 18.0. The fourth-order valence-corrected chi connectivity index (χ4v) is 3.01. The molecule has 1 heterocycles. The molecule has 0 aliphatic rings. The lowest BCUT2D eigenvalue weighted by atomic mass is 9.88. The van der Waals surface area contributed by atoms with Gasteiger partial charge in [0.2, 0.25) is 11.2 Å². The van der Waals surface area contributed by atoms with Crippen LogP contribution < -0.4 is 5.43 Å². The Morgan fingerprint density at radius 2 is 1.92 bits per heavy atom. The third-order valence-corrected chi connectivity index (χ3v) is 4.19. The van der Waals surface area contributed by atoms with E-state index in [2.05, 4.69) is 0 Å². The molecule has 1 N–H and O–H groups in total. The van der Waals surface area contributed by atoms with E-state index in [1.807, 2.05) is 42.5 Å². The number of hydrogen-bond acceptors (Lipinski definition) is 5. The molecular weight excluding hydrogens is 320 g/mol. The molecule has 0 amide bonds. The Morgan fingerprint density at radius 1 is 1.20 bits per heavy atom. The molecule has 3 aromatic rings. The van der Waals surface area contributed by atoms with E-state index in [1.54, 1.807) is 6.92 Å². The molecule has 0 aliphatic carbocycles. The molecule has 5 nitrogen and oxygen atoms in total. The first kappa shape index (κ1) is 16.8. The van der Waals surface area contributed by atoms with Crippen LogP contribution in [-0.2, 0) is 9.53 Å². The molecule has 0 aliphatic heterocycles. The Kier molecular flexibility index (Phi) is 4.57. The first-order valence-corrected chi connectivity index (χ1v) is 7.89. The van der Waals surface area contributed by atoms with Crippen LogP contribution >= 0.6 is 0 Å². The van der Waals surface area contributed by atoms with E-state index in [1.165, 1.54) is 13.2 Å². The van der Waals surface area contributed by atoms with Gasteiger partial charge in [-0.05, 0) is 23.3 Å². The lowest BCUT2D eigenvalue weighted by Crippen LogP contribution is -2.14. The number of rotatable bonds is 4. The van der Waals surface area contributed by atoms with E-state index in [4.69, 9.17) is 9.15 Å². The first-order valence-electron chi connectivity index (χ1n) is 7.89. The fourth-order valence-electron chi connectivity index (χ4n) is 3.01. The van der Waals surface area contributed by atoms with Gasteiger partial charge in [0.1, 0.15) is 5.76 Å². The van der Waals surface area contributed by atoms with Gasteiger partial charge in [0.15, 0.2) is 5.76 Å². The number of methoxy groups -OCH3 is 1. The Labute approximate surface area is 144 Å². The van der Waals surface area contributed by atoms with Gasteiger partial charge < -0.3 is 14.3 Å². The minimum atomic E-state index is -0.633. The van der Waals surface area contributed by atoms with Gasteiger partial charge in [0.25, 0.3) is 0 Å². The van der Waals surface area contributed by atoms with Gasteiger partial charge in [-0.15, -0.1) is 0 Å². The smallest absolute Gasteiger partial charge is 0.306 e. The first-order chi connectivity index (χ1) is 12.0. The minimum absolute atomic E-state index is 0.0511. The van der Waals surface area contributed by atoms with Crippen molar-refractivity contribution in [3.63, 3.8) is 0 Å². The third-order valence-electron chi connectivity index (χ3n) is 4.19. The van der Waals surface area contributed by atoms with Crippen molar-refractivity contribution < 1.29 is 19.1 Å². The summed E-state index contributed by atoms with van der Waals surface area (Å²) >= 11 is 0. The van der Waals surface area contributed by atoms with Crippen molar-refractivity contribution >= 4 is 16.7 Å². The minimum Gasteiger partial charge on any atom is -0.502 e. The lowest BCUT2D eigenvalue weighted by Gasteiger charge is -2.19. The summed E-state index contributed by atoms with van der Waals surface area (Å²) in [5.74, 6) is -1.13. The fraction of sp³-hybridized carbons (Fsp3) is 0.200. The van der Waals surface area contributed by atoms with Gasteiger partial charge in [-0.1, -0.05) is 42.5 Å². The summed E-state index contributed by atoms with van der Waals surface area (Å²) in [6, 6.07) is 14.6. The Morgan fingerprint density at radius 3 is 2.68 bits per heavy atom. The number of aromatic hydroxyl groups is 1. The third kappa shape index (κ3) is 3.26. The molecule has 2 aromatic carbocycles. The monoisotopic (exact) mass is 338 g/mol. The number of ether oxygens (including phenoxy) is 1. The molecule has 5 heteroatoms. The number of esters is 1. The van der Waals surface area contributed by atoms with Crippen LogP contribution in [0.3, 0.4) is 0 Å². The Balaban J connectivity index is 2.26. The molecule has 0 radical (unpaired) electrons. The predicted molar refractivity (Wildman–Crippen MR) is 93.8 cm³/mol. The zero-order valence-electron chi connectivity index (χ0n) is 14.0. The van der Waals surface area contributed by atoms with E-state index >= 15 is 0 Å². The van der Waals surface area contributed by atoms with Gasteiger partial charge in [-0.2, -0.15) is 0 Å². The van der Waals surface area contributed by atoms with Crippen LogP contribution in [0.1, 0.15) is 29.4 Å². The van der Waals surface area contributed by atoms with Crippen LogP contribution in [-0.4, -0.2) is 18.2 Å². The van der Waals surface area contributed by atoms with Gasteiger partial charge in [0, 0.05) is 6.07 Å². The van der Waals surface area contributed by atoms with Crippen molar-refractivity contribution in [2.24, 2.45) is 0 Å². The van der Waals surface area contributed by atoms with Crippen molar-refractivity contribution in [1.82, 2.24) is 0 Å². The standard InChI is InChI=1S/C20H18O5/c1-12-10-17(21)19(23)20(25-12)16(11-18(22)24-2)15-9-5-7-13-6-3-4-8-14(13)15/h3-10,16,23H,11H2,1-2H3. The molecular formula is C20H18O5. The average Bonchev–Trinajstić information content (AvgIpc) is 2.62. The van der Waals surface area contributed by atoms with Crippen molar-refractivity contribution in [3.05, 3.63) is 75.8 Å². The molecule has 1 atom stereocenters. The molecule has 0 saturated carbocycles.